The first-order chi connectivity index (χ1) is 11.7. The summed E-state index contributed by atoms with van der Waals surface area (Å²) in [7, 11) is 1.79. The summed E-state index contributed by atoms with van der Waals surface area (Å²) < 4.78 is 0. The van der Waals surface area contributed by atoms with Crippen molar-refractivity contribution in [3.8, 4) is 0 Å². The molecule has 0 spiro atoms. The van der Waals surface area contributed by atoms with Crippen molar-refractivity contribution in [3.63, 3.8) is 0 Å². The van der Waals surface area contributed by atoms with Gasteiger partial charge in [0.1, 0.15) is 5.82 Å². The maximum Gasteiger partial charge on any atom is 0.257 e. The van der Waals surface area contributed by atoms with E-state index in [1.807, 2.05) is 23.1 Å². The Morgan fingerprint density at radius 3 is 2.71 bits per heavy atom. The van der Waals surface area contributed by atoms with E-state index in [1.165, 1.54) is 5.56 Å². The standard InChI is InChI=1S/C19H24N4O/c1-15-13-23(19(24)17-9-6-10-21-18(17)20-2)12-11-22(15)14-16-7-4-3-5-8-16/h3-10,15H,11-14H2,1-2H3,(H,20,21)/t15-/m1/s1. The Balaban J connectivity index is 1.65. The van der Waals surface area contributed by atoms with Crippen LogP contribution in [0.1, 0.15) is 22.8 Å². The van der Waals surface area contributed by atoms with E-state index in [0.29, 0.717) is 17.4 Å². The van der Waals surface area contributed by atoms with Gasteiger partial charge in [-0.15, -0.1) is 0 Å². The smallest absolute Gasteiger partial charge is 0.257 e. The molecular formula is C19H24N4O. The summed E-state index contributed by atoms with van der Waals surface area (Å²) in [6, 6.07) is 14.5. The van der Waals surface area contributed by atoms with Crippen LogP contribution >= 0.6 is 0 Å². The van der Waals surface area contributed by atoms with Crippen LogP contribution < -0.4 is 5.32 Å². The van der Waals surface area contributed by atoms with Crippen molar-refractivity contribution < 1.29 is 4.79 Å². The molecule has 2 heterocycles. The van der Waals surface area contributed by atoms with Crippen molar-refractivity contribution in [2.24, 2.45) is 0 Å². The minimum absolute atomic E-state index is 0.0543. The molecule has 1 aromatic heterocycles. The van der Waals surface area contributed by atoms with E-state index in [1.54, 1.807) is 13.2 Å². The van der Waals surface area contributed by atoms with Gasteiger partial charge < -0.3 is 10.2 Å². The molecule has 0 radical (unpaired) electrons. The number of hydrogen-bond acceptors (Lipinski definition) is 4. The highest BCUT2D eigenvalue weighted by atomic mass is 16.2. The van der Waals surface area contributed by atoms with Crippen molar-refractivity contribution in [2.45, 2.75) is 19.5 Å². The second-order valence-corrected chi connectivity index (χ2v) is 6.21. The highest BCUT2D eigenvalue weighted by Gasteiger charge is 2.28. The van der Waals surface area contributed by atoms with Gasteiger partial charge in [0.05, 0.1) is 5.56 Å². The van der Waals surface area contributed by atoms with Crippen molar-refractivity contribution >= 4 is 11.7 Å². The molecule has 1 saturated heterocycles. The van der Waals surface area contributed by atoms with Crippen molar-refractivity contribution in [1.82, 2.24) is 14.8 Å². The number of pyridine rings is 1. The van der Waals surface area contributed by atoms with Crippen LogP contribution in [0, 0.1) is 0 Å². The SMILES string of the molecule is CNc1ncccc1C(=O)N1CCN(Cc2ccccc2)[C@H](C)C1. The van der Waals surface area contributed by atoms with Gasteiger partial charge in [-0.1, -0.05) is 30.3 Å². The third kappa shape index (κ3) is 3.57. The van der Waals surface area contributed by atoms with Gasteiger partial charge in [-0.25, -0.2) is 4.98 Å². The van der Waals surface area contributed by atoms with Crippen molar-refractivity contribution in [3.05, 3.63) is 59.8 Å². The lowest BCUT2D eigenvalue weighted by atomic mass is 10.1. The van der Waals surface area contributed by atoms with Gasteiger partial charge in [0.15, 0.2) is 0 Å². The van der Waals surface area contributed by atoms with E-state index in [9.17, 15) is 4.79 Å². The fourth-order valence-electron chi connectivity index (χ4n) is 3.18. The van der Waals surface area contributed by atoms with E-state index in [2.05, 4.69) is 46.4 Å². The Hall–Kier alpha value is -2.40. The molecule has 0 bridgehead atoms. The lowest BCUT2D eigenvalue weighted by Gasteiger charge is -2.40. The molecule has 1 atom stereocenters. The third-order valence-electron chi connectivity index (χ3n) is 4.56. The number of hydrogen-bond donors (Lipinski definition) is 1. The first kappa shape index (κ1) is 16.5. The summed E-state index contributed by atoms with van der Waals surface area (Å²) in [5.41, 5.74) is 1.96. The Bertz CT molecular complexity index is 689. The number of benzene rings is 1. The minimum Gasteiger partial charge on any atom is -0.372 e. The second kappa shape index (κ2) is 7.45. The number of anilines is 1. The van der Waals surface area contributed by atoms with Crippen LogP contribution in [0.25, 0.3) is 0 Å². The Morgan fingerprint density at radius 1 is 1.21 bits per heavy atom. The van der Waals surface area contributed by atoms with Gasteiger partial charge in [-0.3, -0.25) is 9.69 Å². The van der Waals surface area contributed by atoms with Crippen LogP contribution in [0.15, 0.2) is 48.7 Å². The van der Waals surface area contributed by atoms with E-state index >= 15 is 0 Å². The molecule has 1 amide bonds. The number of nitrogens with one attached hydrogen (secondary N) is 1. The molecule has 0 saturated carbocycles. The average molecular weight is 324 g/mol. The third-order valence-corrected chi connectivity index (χ3v) is 4.56. The molecule has 126 valence electrons. The van der Waals surface area contributed by atoms with Crippen molar-refractivity contribution in [1.29, 1.82) is 0 Å². The van der Waals surface area contributed by atoms with Crippen molar-refractivity contribution in [2.75, 3.05) is 32.0 Å². The first-order valence-electron chi connectivity index (χ1n) is 8.39. The number of carbonyl (C=O) groups is 1. The quantitative estimate of drug-likeness (QED) is 0.939. The average Bonchev–Trinajstić information content (AvgIpc) is 2.63. The molecular weight excluding hydrogens is 300 g/mol. The Labute approximate surface area is 143 Å². The van der Waals surface area contributed by atoms with Crippen LogP contribution in [0.5, 0.6) is 0 Å². The largest absolute Gasteiger partial charge is 0.372 e. The van der Waals surface area contributed by atoms with Gasteiger partial charge >= 0.3 is 0 Å². The zero-order chi connectivity index (χ0) is 16.9. The summed E-state index contributed by atoms with van der Waals surface area (Å²) in [4.78, 5) is 21.4. The number of nitrogens with zero attached hydrogens (tertiary/aromatic N) is 3. The van der Waals surface area contributed by atoms with Gasteiger partial charge in [0, 0.05) is 45.5 Å². The maximum absolute atomic E-state index is 12.8. The van der Waals surface area contributed by atoms with E-state index < -0.39 is 0 Å². The number of carbonyl (C=O) groups excluding carboxylic acids is 1. The molecule has 1 fully saturated rings. The van der Waals surface area contributed by atoms with Gasteiger partial charge in [-0.05, 0) is 24.6 Å². The Kier molecular flexibility index (Phi) is 5.11. The molecule has 24 heavy (non-hydrogen) atoms. The predicted octanol–water partition coefficient (Wildman–Crippen LogP) is 2.47. The van der Waals surface area contributed by atoms with E-state index in [0.717, 1.165) is 26.2 Å². The molecule has 0 aliphatic carbocycles. The van der Waals surface area contributed by atoms with Crippen LogP contribution in [-0.2, 0) is 6.54 Å². The molecule has 5 heteroatoms. The normalized spacial score (nSPS) is 18.4. The van der Waals surface area contributed by atoms with E-state index in [-0.39, 0.29) is 5.91 Å². The first-order valence-corrected chi connectivity index (χ1v) is 8.39. The lowest BCUT2D eigenvalue weighted by Crippen LogP contribution is -2.53. The highest BCUT2D eigenvalue weighted by Crippen LogP contribution is 2.18. The molecule has 2 aromatic rings. The van der Waals surface area contributed by atoms with Crippen LogP contribution in [-0.4, -0.2) is 53.4 Å². The fraction of sp³-hybridized carbons (Fsp3) is 0.368. The highest BCUT2D eigenvalue weighted by molar-refractivity contribution is 5.98. The van der Waals surface area contributed by atoms with Crippen LogP contribution in [0.4, 0.5) is 5.82 Å². The topological polar surface area (TPSA) is 48.5 Å². The zero-order valence-corrected chi connectivity index (χ0v) is 14.3. The van der Waals surface area contributed by atoms with Crippen LogP contribution in [0.2, 0.25) is 0 Å². The number of rotatable bonds is 4. The minimum atomic E-state index is 0.0543. The lowest BCUT2D eigenvalue weighted by molar-refractivity contribution is 0.0496. The number of amides is 1. The summed E-state index contributed by atoms with van der Waals surface area (Å²) in [6.07, 6.45) is 1.70. The molecule has 5 nitrogen and oxygen atoms in total. The fourth-order valence-corrected chi connectivity index (χ4v) is 3.18. The zero-order valence-electron chi connectivity index (χ0n) is 14.3. The second-order valence-electron chi connectivity index (χ2n) is 6.21. The maximum atomic E-state index is 12.8. The van der Waals surface area contributed by atoms with E-state index in [4.69, 9.17) is 0 Å². The van der Waals surface area contributed by atoms with Gasteiger partial charge in [-0.2, -0.15) is 0 Å². The molecule has 1 aliphatic heterocycles. The number of aromatic nitrogens is 1. The monoisotopic (exact) mass is 324 g/mol. The summed E-state index contributed by atoms with van der Waals surface area (Å²) in [5, 5.41) is 3.00. The molecule has 0 unspecified atom stereocenters. The Morgan fingerprint density at radius 2 is 2.00 bits per heavy atom. The summed E-state index contributed by atoms with van der Waals surface area (Å²) in [5.74, 6) is 0.695. The predicted molar refractivity (Wildman–Crippen MR) is 96.0 cm³/mol. The van der Waals surface area contributed by atoms with Gasteiger partial charge in [0.25, 0.3) is 5.91 Å². The molecule has 1 N–H and O–H groups in total. The molecule has 1 aliphatic rings. The molecule has 3 rings (SSSR count). The van der Waals surface area contributed by atoms with Gasteiger partial charge in [0.2, 0.25) is 0 Å². The van der Waals surface area contributed by atoms with Crippen LogP contribution in [0.3, 0.4) is 0 Å². The summed E-state index contributed by atoms with van der Waals surface area (Å²) >= 11 is 0. The number of piperazine rings is 1. The summed E-state index contributed by atoms with van der Waals surface area (Å²) in [6.45, 7) is 5.48. The molecule has 1 aromatic carbocycles.